The Kier molecular flexibility index (Phi) is 4.56. The van der Waals surface area contributed by atoms with E-state index in [9.17, 15) is 22.8 Å². The number of nitrogens with zero attached hydrogens (tertiary/aromatic N) is 4. The molecule has 3 heterocycles. The van der Waals surface area contributed by atoms with Gasteiger partial charge < -0.3 is 4.98 Å². The van der Waals surface area contributed by atoms with E-state index in [0.717, 1.165) is 31.8 Å². The first-order valence-electron chi connectivity index (χ1n) is 9.03. The second-order valence-corrected chi connectivity index (χ2v) is 6.91. The first kappa shape index (κ1) is 19.0. The fourth-order valence-corrected chi connectivity index (χ4v) is 3.59. The summed E-state index contributed by atoms with van der Waals surface area (Å²) in [5.74, 6) is 0. The maximum absolute atomic E-state index is 12.8. The van der Waals surface area contributed by atoms with Crippen LogP contribution in [0.25, 0.3) is 21.9 Å². The minimum absolute atomic E-state index is 0.0807. The molecular weight excluding hydrogens is 387 g/mol. The van der Waals surface area contributed by atoms with Crippen molar-refractivity contribution in [3.05, 3.63) is 63.1 Å². The van der Waals surface area contributed by atoms with Gasteiger partial charge in [0.25, 0.3) is 5.56 Å². The van der Waals surface area contributed by atoms with Crippen LogP contribution in [-0.4, -0.2) is 30.1 Å². The van der Waals surface area contributed by atoms with Crippen molar-refractivity contribution < 1.29 is 13.2 Å². The summed E-state index contributed by atoms with van der Waals surface area (Å²) in [6, 6.07) is 7.78. The van der Waals surface area contributed by atoms with Gasteiger partial charge in [-0.05, 0) is 24.5 Å². The highest BCUT2D eigenvalue weighted by atomic mass is 19.4. The smallest absolute Gasteiger partial charge is 0.361 e. The Bertz CT molecular complexity index is 1310. The molecule has 1 N–H and O–H groups in total. The quantitative estimate of drug-likeness (QED) is 0.554. The van der Waals surface area contributed by atoms with Gasteiger partial charge in [0.15, 0.2) is 5.52 Å². The van der Waals surface area contributed by atoms with Gasteiger partial charge in [-0.1, -0.05) is 18.2 Å². The predicted molar refractivity (Wildman–Crippen MR) is 102 cm³/mol. The van der Waals surface area contributed by atoms with E-state index in [4.69, 9.17) is 0 Å². The summed E-state index contributed by atoms with van der Waals surface area (Å²) in [6.45, 7) is -1.29. The number of aromatic nitrogens is 5. The number of benzene rings is 1. The summed E-state index contributed by atoms with van der Waals surface area (Å²) in [6.07, 6.45) is -0.442. The van der Waals surface area contributed by atoms with Crippen LogP contribution in [0.4, 0.5) is 13.2 Å². The monoisotopic (exact) mass is 405 g/mol. The molecule has 0 atom stereocenters. The summed E-state index contributed by atoms with van der Waals surface area (Å²) < 4.78 is 41.2. The lowest BCUT2D eigenvalue weighted by Gasteiger charge is -2.11. The Balaban J connectivity index is 1.65. The topological polar surface area (TPSA) is 77.6 Å². The van der Waals surface area contributed by atoms with E-state index in [1.54, 1.807) is 0 Å². The van der Waals surface area contributed by atoms with Gasteiger partial charge in [0.2, 0.25) is 0 Å². The molecule has 0 aliphatic carbocycles. The molecule has 10 heteroatoms. The highest BCUT2D eigenvalue weighted by Crippen LogP contribution is 2.20. The first-order valence-corrected chi connectivity index (χ1v) is 9.03. The minimum Gasteiger partial charge on any atom is -0.361 e. The van der Waals surface area contributed by atoms with Crippen LogP contribution in [0, 0.1) is 0 Å². The van der Waals surface area contributed by atoms with Crippen molar-refractivity contribution >= 4 is 21.9 Å². The van der Waals surface area contributed by atoms with Crippen LogP contribution in [0.1, 0.15) is 12.0 Å². The van der Waals surface area contributed by atoms with E-state index in [-0.39, 0.29) is 17.6 Å². The average Bonchev–Trinajstić information content (AvgIpc) is 3.26. The molecule has 152 valence electrons. The summed E-state index contributed by atoms with van der Waals surface area (Å²) in [4.78, 5) is 28.5. The lowest BCUT2D eigenvalue weighted by Crippen LogP contribution is -2.40. The number of hydrogen-bond donors (Lipinski definition) is 1. The highest BCUT2D eigenvalue weighted by Gasteiger charge is 2.30. The SMILES string of the molecule is Cn1c(=O)n(CCCc2c[nH]c3ccccc23)c(=O)c2c1cnn2CC(F)(F)F. The normalized spacial score (nSPS) is 12.3. The second-order valence-electron chi connectivity index (χ2n) is 6.91. The lowest BCUT2D eigenvalue weighted by atomic mass is 10.1. The lowest BCUT2D eigenvalue weighted by molar-refractivity contribution is -0.141. The number of hydrogen-bond acceptors (Lipinski definition) is 3. The standard InChI is InChI=1S/C19H18F3N5O2/c1-25-15-10-24-27(11-19(20,21)22)16(15)17(28)26(18(25)29)8-4-5-12-9-23-14-7-3-2-6-13(12)14/h2-3,6-7,9-10,23H,4-5,8,11H2,1H3. The van der Waals surface area contributed by atoms with Crippen LogP contribution in [-0.2, 0) is 26.6 Å². The molecule has 7 nitrogen and oxygen atoms in total. The van der Waals surface area contributed by atoms with E-state index in [1.807, 2.05) is 30.5 Å². The zero-order valence-corrected chi connectivity index (χ0v) is 15.5. The molecule has 4 rings (SSSR count). The molecule has 0 amide bonds. The number of aryl methyl sites for hydroxylation is 2. The summed E-state index contributed by atoms with van der Waals surface area (Å²) in [5.41, 5.74) is 0.562. The molecule has 0 radical (unpaired) electrons. The number of H-pyrrole nitrogens is 1. The minimum atomic E-state index is -4.53. The Morgan fingerprint density at radius 1 is 1.17 bits per heavy atom. The molecule has 0 saturated heterocycles. The van der Waals surface area contributed by atoms with Crippen LogP contribution >= 0.6 is 0 Å². The maximum Gasteiger partial charge on any atom is 0.408 e. The number of aromatic amines is 1. The van der Waals surface area contributed by atoms with Crippen molar-refractivity contribution in [2.24, 2.45) is 7.05 Å². The van der Waals surface area contributed by atoms with E-state index in [0.29, 0.717) is 17.5 Å². The third-order valence-electron chi connectivity index (χ3n) is 4.98. The molecule has 0 unspecified atom stereocenters. The highest BCUT2D eigenvalue weighted by molar-refractivity contribution is 5.83. The van der Waals surface area contributed by atoms with Crippen molar-refractivity contribution in [2.75, 3.05) is 0 Å². The molecular formula is C19H18F3N5O2. The summed E-state index contributed by atoms with van der Waals surface area (Å²) >= 11 is 0. The van der Waals surface area contributed by atoms with Gasteiger partial charge in [-0.25, -0.2) is 9.48 Å². The predicted octanol–water partition coefficient (Wildman–Crippen LogP) is 2.57. The molecule has 0 aliphatic heterocycles. The zero-order valence-electron chi connectivity index (χ0n) is 15.5. The Labute approximate surface area is 162 Å². The largest absolute Gasteiger partial charge is 0.408 e. The number of nitrogens with one attached hydrogen (secondary N) is 1. The molecule has 0 aliphatic rings. The third-order valence-corrected chi connectivity index (χ3v) is 4.98. The molecule has 0 bridgehead atoms. The van der Waals surface area contributed by atoms with E-state index in [1.165, 1.54) is 7.05 Å². The van der Waals surface area contributed by atoms with Gasteiger partial charge in [-0.3, -0.25) is 13.9 Å². The molecule has 0 spiro atoms. The van der Waals surface area contributed by atoms with Gasteiger partial charge in [-0.15, -0.1) is 0 Å². The van der Waals surface area contributed by atoms with Gasteiger partial charge in [0.05, 0.1) is 11.7 Å². The average molecular weight is 405 g/mol. The van der Waals surface area contributed by atoms with Gasteiger partial charge in [-0.2, -0.15) is 18.3 Å². The van der Waals surface area contributed by atoms with Crippen LogP contribution in [0.3, 0.4) is 0 Å². The van der Waals surface area contributed by atoms with Gasteiger partial charge >= 0.3 is 11.9 Å². The second kappa shape index (κ2) is 6.94. The van der Waals surface area contributed by atoms with Crippen molar-refractivity contribution in [3.8, 4) is 0 Å². The molecule has 29 heavy (non-hydrogen) atoms. The third kappa shape index (κ3) is 3.45. The Hall–Kier alpha value is -3.30. The van der Waals surface area contributed by atoms with Crippen molar-refractivity contribution in [2.45, 2.75) is 32.1 Å². The van der Waals surface area contributed by atoms with Crippen molar-refractivity contribution in [3.63, 3.8) is 0 Å². The van der Waals surface area contributed by atoms with Gasteiger partial charge in [0.1, 0.15) is 6.54 Å². The molecule has 1 aromatic carbocycles. The van der Waals surface area contributed by atoms with Gasteiger partial charge in [0, 0.05) is 30.7 Å². The first-order chi connectivity index (χ1) is 13.8. The summed E-state index contributed by atoms with van der Waals surface area (Å²) in [7, 11) is 1.42. The van der Waals surface area contributed by atoms with Crippen molar-refractivity contribution in [1.29, 1.82) is 0 Å². The molecule has 3 aromatic heterocycles. The Morgan fingerprint density at radius 3 is 2.69 bits per heavy atom. The number of fused-ring (bicyclic) bond motifs is 2. The number of para-hydroxylation sites is 1. The summed E-state index contributed by atoms with van der Waals surface area (Å²) in [5, 5.41) is 4.72. The fraction of sp³-hybridized carbons (Fsp3) is 0.316. The van der Waals surface area contributed by atoms with Crippen LogP contribution in [0.15, 0.2) is 46.2 Å². The van der Waals surface area contributed by atoms with Crippen LogP contribution in [0.5, 0.6) is 0 Å². The fourth-order valence-electron chi connectivity index (χ4n) is 3.59. The Morgan fingerprint density at radius 2 is 1.93 bits per heavy atom. The van der Waals surface area contributed by atoms with Crippen LogP contribution < -0.4 is 11.2 Å². The molecule has 0 saturated carbocycles. The van der Waals surface area contributed by atoms with Crippen LogP contribution in [0.2, 0.25) is 0 Å². The van der Waals surface area contributed by atoms with E-state index >= 15 is 0 Å². The van der Waals surface area contributed by atoms with E-state index < -0.39 is 24.0 Å². The van der Waals surface area contributed by atoms with Crippen molar-refractivity contribution in [1.82, 2.24) is 23.9 Å². The molecule has 4 aromatic rings. The van der Waals surface area contributed by atoms with E-state index in [2.05, 4.69) is 10.1 Å². The number of rotatable bonds is 5. The number of alkyl halides is 3. The zero-order chi connectivity index (χ0) is 20.8. The molecule has 0 fully saturated rings. The maximum atomic E-state index is 12.8. The number of halogens is 3.